The molecule has 0 spiro atoms. The molecule has 0 aliphatic rings. The molecular formula is C12H10BrClO3. The first-order valence-electron chi connectivity index (χ1n) is 4.81. The molecular weight excluding hydrogens is 307 g/mol. The van der Waals surface area contributed by atoms with Gasteiger partial charge in [-0.25, -0.2) is 4.79 Å². The molecule has 1 aromatic carbocycles. The molecule has 0 radical (unpaired) electrons. The number of ketones is 1. The number of benzene rings is 1. The number of carboxylic acid groups (broad SMARTS) is 1. The Kier molecular flexibility index (Phi) is 4.90. The predicted molar refractivity (Wildman–Crippen MR) is 70.5 cm³/mol. The summed E-state index contributed by atoms with van der Waals surface area (Å²) in [6, 6.07) is 5.05. The minimum atomic E-state index is -1.07. The van der Waals surface area contributed by atoms with E-state index in [2.05, 4.69) is 15.9 Å². The predicted octanol–water partition coefficient (Wildman–Crippen LogP) is 3.36. The van der Waals surface area contributed by atoms with Gasteiger partial charge >= 0.3 is 5.97 Å². The van der Waals surface area contributed by atoms with Gasteiger partial charge in [-0.15, -0.1) is 11.6 Å². The largest absolute Gasteiger partial charge is 0.478 e. The first kappa shape index (κ1) is 13.9. The summed E-state index contributed by atoms with van der Waals surface area (Å²) in [4.78, 5) is 22.3. The van der Waals surface area contributed by atoms with Crippen LogP contribution < -0.4 is 0 Å². The van der Waals surface area contributed by atoms with Crippen LogP contribution >= 0.6 is 27.5 Å². The Morgan fingerprint density at radius 1 is 1.47 bits per heavy atom. The second-order valence-corrected chi connectivity index (χ2v) is 4.86. The van der Waals surface area contributed by atoms with Crippen LogP contribution in [-0.2, 0) is 4.79 Å². The van der Waals surface area contributed by atoms with Crippen molar-refractivity contribution < 1.29 is 14.7 Å². The number of carbonyl (C=O) groups is 2. The molecule has 1 rings (SSSR count). The molecule has 1 unspecified atom stereocenters. The molecule has 0 fully saturated rings. The van der Waals surface area contributed by atoms with Crippen molar-refractivity contribution in [3.8, 4) is 0 Å². The number of hydrogen-bond donors (Lipinski definition) is 1. The van der Waals surface area contributed by atoms with Gasteiger partial charge in [0.15, 0.2) is 5.78 Å². The molecule has 1 N–H and O–H groups in total. The summed E-state index contributed by atoms with van der Waals surface area (Å²) in [6.45, 7) is 1.58. The normalized spacial score (nSPS) is 12.6. The second-order valence-electron chi connectivity index (χ2n) is 3.35. The van der Waals surface area contributed by atoms with Crippen LogP contribution in [0.1, 0.15) is 22.8 Å². The fraction of sp³-hybridized carbons (Fsp3) is 0.167. The summed E-state index contributed by atoms with van der Waals surface area (Å²) in [5.41, 5.74) is 0.923. The third kappa shape index (κ3) is 3.68. The molecule has 3 nitrogen and oxygen atoms in total. The molecule has 0 bridgehead atoms. The lowest BCUT2D eigenvalue weighted by Gasteiger charge is -2.08. The third-order valence-electron chi connectivity index (χ3n) is 2.07. The van der Waals surface area contributed by atoms with Gasteiger partial charge in [0.05, 0.1) is 5.38 Å². The first-order valence-corrected chi connectivity index (χ1v) is 6.04. The Bertz CT molecular complexity index is 481. The Balaban J connectivity index is 3.26. The summed E-state index contributed by atoms with van der Waals surface area (Å²) >= 11 is 9.02. The first-order chi connectivity index (χ1) is 7.93. The summed E-state index contributed by atoms with van der Waals surface area (Å²) < 4.78 is 0.651. The quantitative estimate of drug-likeness (QED) is 0.526. The van der Waals surface area contributed by atoms with Gasteiger partial charge in [-0.3, -0.25) is 4.79 Å². The lowest BCUT2D eigenvalue weighted by atomic mass is 10.0. The molecule has 5 heteroatoms. The summed E-state index contributed by atoms with van der Waals surface area (Å²) in [6.07, 6.45) is 2.36. The van der Waals surface area contributed by atoms with Crippen molar-refractivity contribution in [1.29, 1.82) is 0 Å². The van der Waals surface area contributed by atoms with Gasteiger partial charge < -0.3 is 5.11 Å². The molecule has 0 saturated carbocycles. The molecule has 0 aromatic heterocycles. The number of carbonyl (C=O) groups excluding carboxylic acids is 1. The smallest absolute Gasteiger partial charge is 0.328 e. The number of alkyl halides is 1. The van der Waals surface area contributed by atoms with E-state index >= 15 is 0 Å². The maximum absolute atomic E-state index is 11.8. The van der Waals surface area contributed by atoms with Crippen molar-refractivity contribution >= 4 is 45.4 Å². The standard InChI is InChI=1S/C12H10BrClO3/c1-7(14)12(17)9-3-2-4-10(13)8(9)5-6-11(15)16/h2-7H,1H3,(H,15,16)/b6-5+. The highest BCUT2D eigenvalue weighted by Gasteiger charge is 2.16. The number of aliphatic carboxylic acids is 1. The lowest BCUT2D eigenvalue weighted by Crippen LogP contribution is -2.12. The molecule has 1 aromatic rings. The van der Waals surface area contributed by atoms with Crippen LogP contribution in [-0.4, -0.2) is 22.2 Å². The van der Waals surface area contributed by atoms with E-state index < -0.39 is 11.3 Å². The Hall–Kier alpha value is -1.13. The topological polar surface area (TPSA) is 54.4 Å². The van der Waals surface area contributed by atoms with E-state index in [0.717, 1.165) is 6.08 Å². The Morgan fingerprint density at radius 3 is 2.65 bits per heavy atom. The minimum Gasteiger partial charge on any atom is -0.478 e. The summed E-state index contributed by atoms with van der Waals surface area (Å²) in [5, 5.41) is 7.94. The molecule has 0 heterocycles. The van der Waals surface area contributed by atoms with Gasteiger partial charge in [-0.05, 0) is 24.6 Å². The van der Waals surface area contributed by atoms with E-state index in [9.17, 15) is 9.59 Å². The van der Waals surface area contributed by atoms with Crippen LogP contribution in [0.2, 0.25) is 0 Å². The van der Waals surface area contributed by atoms with Gasteiger partial charge in [-0.2, -0.15) is 0 Å². The molecule has 1 atom stereocenters. The van der Waals surface area contributed by atoms with Crippen LogP contribution in [0.15, 0.2) is 28.7 Å². The number of halogens is 2. The molecule has 17 heavy (non-hydrogen) atoms. The maximum Gasteiger partial charge on any atom is 0.328 e. The number of hydrogen-bond acceptors (Lipinski definition) is 2. The van der Waals surface area contributed by atoms with Crippen molar-refractivity contribution in [1.82, 2.24) is 0 Å². The van der Waals surface area contributed by atoms with E-state index in [1.165, 1.54) is 6.08 Å². The van der Waals surface area contributed by atoms with Crippen LogP contribution in [0, 0.1) is 0 Å². The minimum absolute atomic E-state index is 0.238. The van der Waals surface area contributed by atoms with E-state index in [-0.39, 0.29) is 5.78 Å². The summed E-state index contributed by atoms with van der Waals surface area (Å²) in [5.74, 6) is -1.31. The summed E-state index contributed by atoms with van der Waals surface area (Å²) in [7, 11) is 0. The van der Waals surface area contributed by atoms with E-state index in [0.29, 0.717) is 15.6 Å². The van der Waals surface area contributed by atoms with E-state index in [1.54, 1.807) is 25.1 Å². The number of rotatable bonds is 4. The van der Waals surface area contributed by atoms with Crippen molar-refractivity contribution in [2.45, 2.75) is 12.3 Å². The fourth-order valence-corrected chi connectivity index (χ4v) is 1.91. The maximum atomic E-state index is 11.8. The van der Waals surface area contributed by atoms with Crippen molar-refractivity contribution in [2.75, 3.05) is 0 Å². The van der Waals surface area contributed by atoms with Crippen molar-refractivity contribution in [3.63, 3.8) is 0 Å². The number of Topliss-reactive ketones (excluding diaryl/α,β-unsaturated/α-hetero) is 1. The molecule has 0 amide bonds. The Morgan fingerprint density at radius 2 is 2.12 bits per heavy atom. The van der Waals surface area contributed by atoms with Crippen molar-refractivity contribution in [2.24, 2.45) is 0 Å². The zero-order chi connectivity index (χ0) is 13.0. The monoisotopic (exact) mass is 316 g/mol. The van der Waals surface area contributed by atoms with Gasteiger partial charge in [0.1, 0.15) is 0 Å². The SMILES string of the molecule is CC(Cl)C(=O)c1cccc(Br)c1/C=C/C(=O)O. The van der Waals surface area contributed by atoms with Gasteiger partial charge in [-0.1, -0.05) is 28.1 Å². The van der Waals surface area contributed by atoms with Crippen molar-refractivity contribution in [3.05, 3.63) is 39.9 Å². The average molecular weight is 318 g/mol. The van der Waals surface area contributed by atoms with Gasteiger partial charge in [0.25, 0.3) is 0 Å². The van der Waals surface area contributed by atoms with Crippen LogP contribution in [0.25, 0.3) is 6.08 Å². The highest BCUT2D eigenvalue weighted by molar-refractivity contribution is 9.10. The fourth-order valence-electron chi connectivity index (χ4n) is 1.29. The zero-order valence-electron chi connectivity index (χ0n) is 8.98. The Labute approximate surface area is 112 Å². The lowest BCUT2D eigenvalue weighted by molar-refractivity contribution is -0.131. The molecule has 0 saturated heterocycles. The molecule has 0 aliphatic heterocycles. The zero-order valence-corrected chi connectivity index (χ0v) is 11.3. The third-order valence-corrected chi connectivity index (χ3v) is 2.96. The number of carboxylic acids is 1. The highest BCUT2D eigenvalue weighted by Crippen LogP contribution is 2.24. The van der Waals surface area contributed by atoms with Crippen LogP contribution in [0.3, 0.4) is 0 Å². The van der Waals surface area contributed by atoms with E-state index in [1.807, 2.05) is 0 Å². The van der Waals surface area contributed by atoms with E-state index in [4.69, 9.17) is 16.7 Å². The highest BCUT2D eigenvalue weighted by atomic mass is 79.9. The van der Waals surface area contributed by atoms with Crippen LogP contribution in [0.4, 0.5) is 0 Å². The molecule has 0 aliphatic carbocycles. The molecule has 90 valence electrons. The second kappa shape index (κ2) is 5.98. The van der Waals surface area contributed by atoms with Gasteiger partial charge in [0, 0.05) is 16.1 Å². The van der Waals surface area contributed by atoms with Gasteiger partial charge in [0.2, 0.25) is 0 Å². The van der Waals surface area contributed by atoms with Crippen LogP contribution in [0.5, 0.6) is 0 Å². The average Bonchev–Trinajstić information content (AvgIpc) is 2.25.